The number of oxime groups is 1. The molecule has 0 bridgehead atoms. The second-order valence-electron chi connectivity index (χ2n) is 4.37. The maximum atomic E-state index is 10.8. The third-order valence-corrected chi connectivity index (χ3v) is 1.90. The van der Waals surface area contributed by atoms with Gasteiger partial charge in [-0.2, -0.15) is 0 Å². The first-order valence-corrected chi connectivity index (χ1v) is 4.79. The van der Waals surface area contributed by atoms with Crippen molar-refractivity contribution in [3.63, 3.8) is 0 Å². The average molecular weight is 216 g/mol. The number of nitrogens with one attached hydrogen (secondary N) is 1. The maximum absolute atomic E-state index is 10.8. The van der Waals surface area contributed by atoms with E-state index in [4.69, 9.17) is 16.7 Å². The third kappa shape index (κ3) is 6.73. The van der Waals surface area contributed by atoms with Gasteiger partial charge in [-0.15, -0.1) is 0 Å². The molecule has 0 radical (unpaired) electrons. The molecular formula is C9H20N4O2. The second kappa shape index (κ2) is 5.55. The zero-order valence-electron chi connectivity index (χ0n) is 9.45. The molecule has 88 valence electrons. The Hall–Kier alpha value is -1.30. The first kappa shape index (κ1) is 13.7. The van der Waals surface area contributed by atoms with Gasteiger partial charge in [0.1, 0.15) is 5.84 Å². The maximum Gasteiger partial charge on any atom is 0.219 e. The molecule has 0 aliphatic heterocycles. The molecule has 0 rings (SSSR count). The molecule has 6 nitrogen and oxygen atoms in total. The summed E-state index contributed by atoms with van der Waals surface area (Å²) in [5.41, 5.74) is 10.1. The number of amidine groups is 1. The van der Waals surface area contributed by atoms with Gasteiger partial charge in [0.25, 0.3) is 0 Å². The van der Waals surface area contributed by atoms with Crippen LogP contribution in [0.1, 0.15) is 33.6 Å². The smallest absolute Gasteiger partial charge is 0.219 e. The monoisotopic (exact) mass is 216 g/mol. The van der Waals surface area contributed by atoms with Crippen molar-refractivity contribution in [3.8, 4) is 0 Å². The van der Waals surface area contributed by atoms with Crippen LogP contribution in [0.5, 0.6) is 0 Å². The predicted octanol–water partition coefficient (Wildman–Crippen LogP) is -0.245. The van der Waals surface area contributed by atoms with Gasteiger partial charge in [-0.05, 0) is 20.8 Å². The Morgan fingerprint density at radius 1 is 1.53 bits per heavy atom. The molecule has 0 aliphatic rings. The number of primary amides is 1. The Bertz CT molecular complexity index is 250. The molecule has 6 heteroatoms. The third-order valence-electron chi connectivity index (χ3n) is 1.90. The fraction of sp³-hybridized carbons (Fsp3) is 0.778. The predicted molar refractivity (Wildman–Crippen MR) is 58.5 cm³/mol. The molecule has 1 unspecified atom stereocenters. The molecule has 0 aromatic carbocycles. The fourth-order valence-corrected chi connectivity index (χ4v) is 1.56. The van der Waals surface area contributed by atoms with Crippen LogP contribution >= 0.6 is 0 Å². The lowest BCUT2D eigenvalue weighted by molar-refractivity contribution is -0.119. The summed E-state index contributed by atoms with van der Waals surface area (Å²) in [4.78, 5) is 10.8. The number of carbonyl (C=O) groups excluding carboxylic acids is 1. The highest BCUT2D eigenvalue weighted by molar-refractivity contribution is 5.80. The van der Waals surface area contributed by atoms with E-state index < -0.39 is 0 Å². The van der Waals surface area contributed by atoms with Crippen molar-refractivity contribution in [1.82, 2.24) is 5.32 Å². The molecule has 0 spiro atoms. The molecule has 0 aliphatic carbocycles. The first-order valence-electron chi connectivity index (χ1n) is 4.79. The molecule has 0 saturated carbocycles. The van der Waals surface area contributed by atoms with E-state index >= 15 is 0 Å². The number of amides is 1. The summed E-state index contributed by atoms with van der Waals surface area (Å²) < 4.78 is 0. The standard InChI is InChI=1S/C9H20N4O2/c1-6(4-7(10)13-15)12-9(2,3)5-8(11)14/h6,12,15H,4-5H2,1-3H3,(H2,10,13)(H2,11,14). The van der Waals surface area contributed by atoms with Crippen LogP contribution in [0.15, 0.2) is 5.16 Å². The SMILES string of the molecule is CC(CC(N)=NO)NC(C)(C)CC(N)=O. The van der Waals surface area contributed by atoms with Crippen LogP contribution < -0.4 is 16.8 Å². The van der Waals surface area contributed by atoms with Crippen molar-refractivity contribution in [3.05, 3.63) is 0 Å². The molecular weight excluding hydrogens is 196 g/mol. The van der Waals surface area contributed by atoms with Gasteiger partial charge in [-0.3, -0.25) is 4.79 Å². The van der Waals surface area contributed by atoms with Crippen LogP contribution in [0, 0.1) is 0 Å². The molecule has 0 aromatic heterocycles. The van der Waals surface area contributed by atoms with Crippen molar-refractivity contribution in [2.24, 2.45) is 16.6 Å². The van der Waals surface area contributed by atoms with Gasteiger partial charge in [-0.1, -0.05) is 5.16 Å². The van der Waals surface area contributed by atoms with Gasteiger partial charge < -0.3 is 22.0 Å². The molecule has 0 fully saturated rings. The van der Waals surface area contributed by atoms with Gasteiger partial charge in [0, 0.05) is 24.4 Å². The summed E-state index contributed by atoms with van der Waals surface area (Å²) in [5, 5.41) is 14.5. The van der Waals surface area contributed by atoms with E-state index in [0.717, 1.165) is 0 Å². The number of hydrogen-bond acceptors (Lipinski definition) is 4. The lowest BCUT2D eigenvalue weighted by atomic mass is 9.98. The quantitative estimate of drug-likeness (QED) is 0.212. The first-order chi connectivity index (χ1) is 6.76. The van der Waals surface area contributed by atoms with Gasteiger partial charge in [0.2, 0.25) is 5.91 Å². The van der Waals surface area contributed by atoms with Crippen molar-refractivity contribution in [2.45, 2.75) is 45.2 Å². The summed E-state index contributed by atoms with van der Waals surface area (Å²) in [6, 6.07) is 0.00949. The van der Waals surface area contributed by atoms with Crippen molar-refractivity contribution < 1.29 is 10.0 Å². The van der Waals surface area contributed by atoms with E-state index in [-0.39, 0.29) is 29.7 Å². The summed E-state index contributed by atoms with van der Waals surface area (Å²) >= 11 is 0. The Labute approximate surface area is 89.7 Å². The normalized spacial score (nSPS) is 15.0. The van der Waals surface area contributed by atoms with Crippen LogP contribution in [0.2, 0.25) is 0 Å². The minimum Gasteiger partial charge on any atom is -0.409 e. The van der Waals surface area contributed by atoms with Crippen molar-refractivity contribution in [2.75, 3.05) is 0 Å². The number of rotatable bonds is 6. The molecule has 15 heavy (non-hydrogen) atoms. The number of nitrogens with zero attached hydrogens (tertiary/aromatic N) is 1. The van der Waals surface area contributed by atoms with Crippen molar-refractivity contribution in [1.29, 1.82) is 0 Å². The minimum absolute atomic E-state index is 0.00949. The lowest BCUT2D eigenvalue weighted by Crippen LogP contribution is -2.48. The fourth-order valence-electron chi connectivity index (χ4n) is 1.56. The number of carbonyl (C=O) groups is 1. The largest absolute Gasteiger partial charge is 0.409 e. The van der Waals surface area contributed by atoms with Crippen LogP contribution in [-0.2, 0) is 4.79 Å². The molecule has 0 heterocycles. The average Bonchev–Trinajstić information content (AvgIpc) is 1.99. The summed E-state index contributed by atoms with van der Waals surface area (Å²) in [5.74, 6) is -0.201. The second-order valence-corrected chi connectivity index (χ2v) is 4.37. The van der Waals surface area contributed by atoms with E-state index in [1.54, 1.807) is 0 Å². The van der Waals surface area contributed by atoms with Gasteiger partial charge >= 0.3 is 0 Å². The van der Waals surface area contributed by atoms with E-state index in [1.807, 2.05) is 20.8 Å². The van der Waals surface area contributed by atoms with Crippen LogP contribution in [0.4, 0.5) is 0 Å². The Morgan fingerprint density at radius 2 is 2.07 bits per heavy atom. The number of hydrogen-bond donors (Lipinski definition) is 4. The topological polar surface area (TPSA) is 114 Å². The van der Waals surface area contributed by atoms with Gasteiger partial charge in [0.15, 0.2) is 0 Å². The molecule has 6 N–H and O–H groups in total. The molecule has 0 aromatic rings. The van der Waals surface area contributed by atoms with E-state index in [1.165, 1.54) is 0 Å². The van der Waals surface area contributed by atoms with Crippen LogP contribution in [0.25, 0.3) is 0 Å². The van der Waals surface area contributed by atoms with E-state index in [2.05, 4.69) is 10.5 Å². The Morgan fingerprint density at radius 3 is 2.47 bits per heavy atom. The molecule has 1 atom stereocenters. The van der Waals surface area contributed by atoms with Crippen molar-refractivity contribution >= 4 is 11.7 Å². The minimum atomic E-state index is -0.388. The molecule has 1 amide bonds. The Kier molecular flexibility index (Phi) is 5.07. The van der Waals surface area contributed by atoms with Gasteiger partial charge in [0.05, 0.1) is 0 Å². The summed E-state index contributed by atoms with van der Waals surface area (Å²) in [6.45, 7) is 5.64. The van der Waals surface area contributed by atoms with E-state index in [0.29, 0.717) is 6.42 Å². The number of nitrogens with two attached hydrogens (primary N) is 2. The highest BCUT2D eigenvalue weighted by Gasteiger charge is 2.22. The van der Waals surface area contributed by atoms with Gasteiger partial charge in [-0.25, -0.2) is 0 Å². The Balaban J connectivity index is 4.15. The highest BCUT2D eigenvalue weighted by Crippen LogP contribution is 2.09. The highest BCUT2D eigenvalue weighted by atomic mass is 16.4. The summed E-state index contributed by atoms with van der Waals surface area (Å²) in [7, 11) is 0. The summed E-state index contributed by atoms with van der Waals surface area (Å²) in [6.07, 6.45) is 0.659. The zero-order valence-corrected chi connectivity index (χ0v) is 9.45. The van der Waals surface area contributed by atoms with Crippen LogP contribution in [-0.4, -0.2) is 28.5 Å². The van der Waals surface area contributed by atoms with E-state index in [9.17, 15) is 4.79 Å². The lowest BCUT2D eigenvalue weighted by Gasteiger charge is -2.28. The zero-order chi connectivity index (χ0) is 12.1. The van der Waals surface area contributed by atoms with Crippen LogP contribution in [0.3, 0.4) is 0 Å². The molecule has 0 saturated heterocycles.